The van der Waals surface area contributed by atoms with Gasteiger partial charge in [-0.3, -0.25) is 4.57 Å². The summed E-state index contributed by atoms with van der Waals surface area (Å²) in [5.41, 5.74) is 8.92. The smallest absolute Gasteiger partial charge is 0.146 e. The lowest BCUT2D eigenvalue weighted by molar-refractivity contribution is 0.669. The molecule has 12 aromatic rings. The molecule has 1 aliphatic rings. The SMILES string of the molecule is CCC1=C(c2ccc3oc4ccccc4c3c2)C(n2c3ccc4ccccc4c3c3c4c5ccccc5c5ccccc5c4ccc32)=Nc2c(sc3ccccc23)C1. The van der Waals surface area contributed by atoms with Gasteiger partial charge in [-0.15, -0.1) is 11.3 Å². The molecule has 13 rings (SSSR count). The molecule has 272 valence electrons. The highest BCUT2D eigenvalue weighted by molar-refractivity contribution is 7.19. The average Bonchev–Trinajstić information content (AvgIpc) is 3.91. The highest BCUT2D eigenvalue weighted by atomic mass is 32.1. The van der Waals surface area contributed by atoms with Crippen molar-refractivity contribution in [1.29, 1.82) is 0 Å². The van der Waals surface area contributed by atoms with E-state index in [1.165, 1.54) is 80.0 Å². The summed E-state index contributed by atoms with van der Waals surface area (Å²) in [5, 5.41) is 16.1. The van der Waals surface area contributed by atoms with Gasteiger partial charge in [0.25, 0.3) is 0 Å². The van der Waals surface area contributed by atoms with Gasteiger partial charge in [-0.25, -0.2) is 4.99 Å². The Hall–Kier alpha value is -7.01. The van der Waals surface area contributed by atoms with E-state index in [1.54, 1.807) is 0 Å². The van der Waals surface area contributed by atoms with Crippen molar-refractivity contribution in [3.63, 3.8) is 0 Å². The topological polar surface area (TPSA) is 30.4 Å². The maximum atomic E-state index is 6.37. The second kappa shape index (κ2) is 12.0. The summed E-state index contributed by atoms with van der Waals surface area (Å²) in [6, 6.07) is 60.0. The van der Waals surface area contributed by atoms with Crippen LogP contribution >= 0.6 is 11.3 Å². The van der Waals surface area contributed by atoms with Gasteiger partial charge in [-0.05, 0) is 86.1 Å². The molecule has 0 fully saturated rings. The van der Waals surface area contributed by atoms with Crippen molar-refractivity contribution in [3.05, 3.63) is 180 Å². The number of fused-ring (bicyclic) bond motifs is 18. The lowest BCUT2D eigenvalue weighted by Crippen LogP contribution is -2.15. The van der Waals surface area contributed by atoms with Crippen LogP contribution in [0.2, 0.25) is 0 Å². The first-order chi connectivity index (χ1) is 28.7. The highest BCUT2D eigenvalue weighted by Gasteiger charge is 2.29. The molecule has 0 unspecified atom stereocenters. The zero-order chi connectivity index (χ0) is 38.1. The third-order valence-electron chi connectivity index (χ3n) is 12.6. The van der Waals surface area contributed by atoms with E-state index >= 15 is 0 Å². The third-order valence-corrected chi connectivity index (χ3v) is 13.8. The minimum absolute atomic E-state index is 0.845. The maximum absolute atomic E-state index is 6.37. The van der Waals surface area contributed by atoms with Gasteiger partial charge in [0.2, 0.25) is 0 Å². The number of aliphatic imine (C=N–C) groups is 1. The predicted octanol–water partition coefficient (Wildman–Crippen LogP) is 15.5. The Balaban J connectivity index is 1.24. The molecule has 0 spiro atoms. The Morgan fingerprint density at radius 1 is 0.534 bits per heavy atom. The Kier molecular flexibility index (Phi) is 6.64. The Bertz CT molecular complexity index is 3780. The number of para-hydroxylation sites is 1. The molecule has 0 bridgehead atoms. The van der Waals surface area contributed by atoms with Crippen molar-refractivity contribution in [2.75, 3.05) is 0 Å². The first-order valence-corrected chi connectivity index (χ1v) is 21.0. The van der Waals surface area contributed by atoms with Crippen molar-refractivity contribution in [2.24, 2.45) is 4.99 Å². The van der Waals surface area contributed by atoms with Crippen LogP contribution in [0.15, 0.2) is 179 Å². The first-order valence-electron chi connectivity index (χ1n) is 20.1. The van der Waals surface area contributed by atoms with Crippen LogP contribution < -0.4 is 0 Å². The number of hydrogen-bond donors (Lipinski definition) is 0. The molecule has 58 heavy (non-hydrogen) atoms. The first kappa shape index (κ1) is 32.1. The lowest BCUT2D eigenvalue weighted by Gasteiger charge is -2.19. The molecule has 0 radical (unpaired) electrons. The summed E-state index contributed by atoms with van der Waals surface area (Å²) in [4.78, 5) is 7.25. The summed E-state index contributed by atoms with van der Waals surface area (Å²) < 4.78 is 10.2. The zero-order valence-corrected chi connectivity index (χ0v) is 32.5. The maximum Gasteiger partial charge on any atom is 0.146 e. The van der Waals surface area contributed by atoms with Crippen LogP contribution in [-0.4, -0.2) is 10.4 Å². The Morgan fingerprint density at radius 2 is 1.16 bits per heavy atom. The van der Waals surface area contributed by atoms with Crippen LogP contribution in [0.25, 0.3) is 102 Å². The van der Waals surface area contributed by atoms with Gasteiger partial charge in [0, 0.05) is 53.9 Å². The molecule has 0 amide bonds. The van der Waals surface area contributed by atoms with Gasteiger partial charge < -0.3 is 4.42 Å². The van der Waals surface area contributed by atoms with Gasteiger partial charge in [0.1, 0.15) is 17.0 Å². The van der Waals surface area contributed by atoms with E-state index in [1.807, 2.05) is 17.4 Å². The van der Waals surface area contributed by atoms with Crippen LogP contribution in [0.5, 0.6) is 0 Å². The van der Waals surface area contributed by atoms with Crippen molar-refractivity contribution >= 4 is 125 Å². The van der Waals surface area contributed by atoms with E-state index < -0.39 is 0 Å². The summed E-state index contributed by atoms with van der Waals surface area (Å²) in [6.45, 7) is 2.31. The van der Waals surface area contributed by atoms with Gasteiger partial charge in [0.15, 0.2) is 0 Å². The fourth-order valence-electron chi connectivity index (χ4n) is 10.1. The summed E-state index contributed by atoms with van der Waals surface area (Å²) >= 11 is 1.88. The molecule has 9 aromatic carbocycles. The largest absolute Gasteiger partial charge is 0.456 e. The molecule has 3 aromatic heterocycles. The number of allylic oxidation sites excluding steroid dienone is 2. The highest BCUT2D eigenvalue weighted by Crippen LogP contribution is 2.48. The number of aromatic nitrogens is 1. The summed E-state index contributed by atoms with van der Waals surface area (Å²) in [5.74, 6) is 0.964. The number of benzene rings is 9. The Labute approximate surface area is 337 Å². The number of hydrogen-bond acceptors (Lipinski definition) is 3. The summed E-state index contributed by atoms with van der Waals surface area (Å²) in [7, 11) is 0. The number of rotatable bonds is 2. The standard InChI is InChI=1S/C54H34N2OS/c1-2-31-30-48-53(41-20-10-12-22-47(41)58-48)55-54(49(31)33-24-28-46-42(29-33)38-18-9-11-21-45(38)57-46)56-43-26-23-32-13-3-4-14-34(32)51(43)52-44(56)27-25-40-37-17-6-5-15-35(37)36-16-7-8-19-39(36)50(40)52/h3-29H,2,30H2,1H3. The van der Waals surface area contributed by atoms with Gasteiger partial charge >= 0.3 is 0 Å². The van der Waals surface area contributed by atoms with E-state index in [0.29, 0.717) is 0 Å². The van der Waals surface area contributed by atoms with Crippen LogP contribution in [0.1, 0.15) is 23.8 Å². The molecule has 0 aliphatic carbocycles. The molecular formula is C54H34N2OS. The monoisotopic (exact) mass is 758 g/mol. The van der Waals surface area contributed by atoms with E-state index in [9.17, 15) is 0 Å². The van der Waals surface area contributed by atoms with Crippen molar-refractivity contribution in [2.45, 2.75) is 19.8 Å². The third kappa shape index (κ3) is 4.35. The van der Waals surface area contributed by atoms with Crippen molar-refractivity contribution < 1.29 is 4.42 Å². The molecule has 0 N–H and O–H groups in total. The number of nitrogens with zero attached hydrogens (tertiary/aromatic N) is 2. The Morgan fingerprint density at radius 3 is 1.97 bits per heavy atom. The quantitative estimate of drug-likeness (QED) is 0.162. The van der Waals surface area contributed by atoms with Crippen LogP contribution in [-0.2, 0) is 6.42 Å². The molecule has 4 heterocycles. The van der Waals surface area contributed by atoms with Gasteiger partial charge in [-0.1, -0.05) is 140 Å². The average molecular weight is 759 g/mol. The van der Waals surface area contributed by atoms with E-state index in [-0.39, 0.29) is 0 Å². The minimum Gasteiger partial charge on any atom is -0.456 e. The normalized spacial score (nSPS) is 13.6. The second-order valence-corrected chi connectivity index (χ2v) is 16.7. The molecule has 0 atom stereocenters. The lowest BCUT2D eigenvalue weighted by atomic mass is 9.91. The number of furan rings is 1. The number of thiophene rings is 1. The fourth-order valence-corrected chi connectivity index (χ4v) is 11.3. The molecular weight excluding hydrogens is 725 g/mol. The van der Waals surface area contributed by atoms with Gasteiger partial charge in [-0.2, -0.15) is 0 Å². The van der Waals surface area contributed by atoms with Crippen LogP contribution in [0, 0.1) is 0 Å². The molecule has 0 saturated heterocycles. The predicted molar refractivity (Wildman–Crippen MR) is 248 cm³/mol. The van der Waals surface area contributed by atoms with E-state index in [4.69, 9.17) is 9.41 Å². The van der Waals surface area contributed by atoms with Crippen LogP contribution in [0.3, 0.4) is 0 Å². The van der Waals surface area contributed by atoms with E-state index in [2.05, 4.69) is 169 Å². The molecule has 1 aliphatic heterocycles. The van der Waals surface area contributed by atoms with Crippen molar-refractivity contribution in [3.8, 4) is 0 Å². The minimum atomic E-state index is 0.845. The van der Waals surface area contributed by atoms with Gasteiger partial charge in [0.05, 0.1) is 16.7 Å². The molecule has 3 nitrogen and oxygen atoms in total. The fraction of sp³-hybridized carbons (Fsp3) is 0.0556. The zero-order valence-electron chi connectivity index (χ0n) is 31.7. The van der Waals surface area contributed by atoms with Crippen LogP contribution in [0.4, 0.5) is 5.69 Å². The molecule has 4 heteroatoms. The summed E-state index contributed by atoms with van der Waals surface area (Å²) in [6.07, 6.45) is 1.74. The second-order valence-electron chi connectivity index (χ2n) is 15.6. The van der Waals surface area contributed by atoms with Crippen molar-refractivity contribution in [1.82, 2.24) is 4.57 Å². The molecule has 0 saturated carbocycles. The van der Waals surface area contributed by atoms with E-state index in [0.717, 1.165) is 62.9 Å².